The highest BCUT2D eigenvalue weighted by Crippen LogP contribution is 2.39. The summed E-state index contributed by atoms with van der Waals surface area (Å²) in [5.41, 5.74) is 3.16. The first kappa shape index (κ1) is 13.9. The van der Waals surface area contributed by atoms with E-state index in [-0.39, 0.29) is 6.79 Å². The molecule has 0 radical (unpaired) electrons. The van der Waals surface area contributed by atoms with Crippen LogP contribution in [0.3, 0.4) is 0 Å². The molecule has 4 nitrogen and oxygen atoms in total. The first-order valence-electron chi connectivity index (χ1n) is 6.64. The summed E-state index contributed by atoms with van der Waals surface area (Å²) < 4.78 is 15.9. The molecule has 2 aromatic carbocycles. The molecule has 0 aliphatic carbocycles. The van der Waals surface area contributed by atoms with Gasteiger partial charge < -0.3 is 19.5 Å². The molecule has 1 aliphatic rings. The van der Waals surface area contributed by atoms with Crippen LogP contribution in [0.2, 0.25) is 5.02 Å². The molecule has 0 amide bonds. The van der Waals surface area contributed by atoms with Gasteiger partial charge in [-0.05, 0) is 48.4 Å². The van der Waals surface area contributed by atoms with Crippen molar-refractivity contribution in [3.63, 3.8) is 0 Å². The Labute approximate surface area is 128 Å². The standard InChI is InChI=1S/C16H16ClNO3/c1-10-5-12(3-4-14(10)19-2)18-8-11-6-13(17)16-15(7-11)20-9-21-16/h3-7,18H,8-9H2,1-2H3. The molecule has 0 spiro atoms. The first-order chi connectivity index (χ1) is 10.2. The van der Waals surface area contributed by atoms with E-state index in [4.69, 9.17) is 25.8 Å². The third-order valence-corrected chi connectivity index (χ3v) is 3.66. The first-order valence-corrected chi connectivity index (χ1v) is 7.01. The van der Waals surface area contributed by atoms with Crippen LogP contribution in [0.1, 0.15) is 11.1 Å². The number of benzene rings is 2. The van der Waals surface area contributed by atoms with Crippen LogP contribution >= 0.6 is 11.6 Å². The largest absolute Gasteiger partial charge is 0.496 e. The zero-order valence-electron chi connectivity index (χ0n) is 11.9. The molecule has 0 saturated carbocycles. The van der Waals surface area contributed by atoms with E-state index in [2.05, 4.69) is 5.32 Å². The number of fused-ring (bicyclic) bond motifs is 1. The molecular weight excluding hydrogens is 290 g/mol. The van der Waals surface area contributed by atoms with Gasteiger partial charge >= 0.3 is 0 Å². The topological polar surface area (TPSA) is 39.7 Å². The number of anilines is 1. The number of halogens is 1. The number of aryl methyl sites for hydroxylation is 1. The summed E-state index contributed by atoms with van der Waals surface area (Å²) in [7, 11) is 1.67. The second-order valence-corrected chi connectivity index (χ2v) is 5.26. The van der Waals surface area contributed by atoms with Crippen LogP contribution in [0.5, 0.6) is 17.2 Å². The maximum absolute atomic E-state index is 6.17. The highest BCUT2D eigenvalue weighted by Gasteiger charge is 2.18. The monoisotopic (exact) mass is 305 g/mol. The molecule has 1 heterocycles. The van der Waals surface area contributed by atoms with E-state index >= 15 is 0 Å². The number of hydrogen-bond acceptors (Lipinski definition) is 4. The summed E-state index contributed by atoms with van der Waals surface area (Å²) in [6.45, 7) is 2.90. The minimum Gasteiger partial charge on any atom is -0.496 e. The predicted molar refractivity (Wildman–Crippen MR) is 82.6 cm³/mol. The SMILES string of the molecule is COc1ccc(NCc2cc(Cl)c3c(c2)OCO3)cc1C. The number of rotatable bonds is 4. The number of methoxy groups -OCH3 is 1. The van der Waals surface area contributed by atoms with E-state index in [9.17, 15) is 0 Å². The average molecular weight is 306 g/mol. The summed E-state index contributed by atoms with van der Waals surface area (Å²) in [5.74, 6) is 2.21. The van der Waals surface area contributed by atoms with E-state index in [1.54, 1.807) is 7.11 Å². The second-order valence-electron chi connectivity index (χ2n) is 4.85. The number of nitrogens with one attached hydrogen (secondary N) is 1. The summed E-state index contributed by atoms with van der Waals surface area (Å²) >= 11 is 6.17. The smallest absolute Gasteiger partial charge is 0.231 e. The molecular formula is C16H16ClNO3. The van der Waals surface area contributed by atoms with Gasteiger partial charge in [0.05, 0.1) is 12.1 Å². The number of hydrogen-bond donors (Lipinski definition) is 1. The maximum atomic E-state index is 6.17. The molecule has 0 aromatic heterocycles. The van der Waals surface area contributed by atoms with Crippen LogP contribution in [-0.2, 0) is 6.54 Å². The van der Waals surface area contributed by atoms with Gasteiger partial charge in [0.2, 0.25) is 6.79 Å². The Kier molecular flexibility index (Phi) is 3.80. The zero-order chi connectivity index (χ0) is 14.8. The molecule has 0 saturated heterocycles. The quantitative estimate of drug-likeness (QED) is 0.927. The van der Waals surface area contributed by atoms with Crippen molar-refractivity contribution in [2.45, 2.75) is 13.5 Å². The fraction of sp³-hybridized carbons (Fsp3) is 0.250. The van der Waals surface area contributed by atoms with Crippen molar-refractivity contribution in [1.82, 2.24) is 0 Å². The van der Waals surface area contributed by atoms with Gasteiger partial charge in [-0.15, -0.1) is 0 Å². The van der Waals surface area contributed by atoms with Gasteiger partial charge in [-0.2, -0.15) is 0 Å². The Morgan fingerprint density at radius 2 is 2.10 bits per heavy atom. The predicted octanol–water partition coefficient (Wildman–Crippen LogP) is 4.00. The normalized spacial score (nSPS) is 12.3. The van der Waals surface area contributed by atoms with Crippen molar-refractivity contribution in [3.05, 3.63) is 46.5 Å². The lowest BCUT2D eigenvalue weighted by atomic mass is 10.1. The highest BCUT2D eigenvalue weighted by molar-refractivity contribution is 6.32. The molecule has 21 heavy (non-hydrogen) atoms. The fourth-order valence-electron chi connectivity index (χ4n) is 2.32. The summed E-state index contributed by atoms with van der Waals surface area (Å²) in [4.78, 5) is 0. The van der Waals surface area contributed by atoms with Gasteiger partial charge in [0, 0.05) is 12.2 Å². The van der Waals surface area contributed by atoms with Crippen LogP contribution < -0.4 is 19.5 Å². The average Bonchev–Trinajstić information content (AvgIpc) is 2.94. The van der Waals surface area contributed by atoms with Crippen LogP contribution in [0.4, 0.5) is 5.69 Å². The van der Waals surface area contributed by atoms with Crippen molar-refractivity contribution in [2.75, 3.05) is 19.2 Å². The molecule has 5 heteroatoms. The lowest BCUT2D eigenvalue weighted by Crippen LogP contribution is -2.00. The van der Waals surface area contributed by atoms with Crippen LogP contribution in [-0.4, -0.2) is 13.9 Å². The molecule has 1 aliphatic heterocycles. The minimum absolute atomic E-state index is 0.226. The van der Waals surface area contributed by atoms with Gasteiger partial charge in [-0.25, -0.2) is 0 Å². The molecule has 2 aromatic rings. The van der Waals surface area contributed by atoms with Gasteiger partial charge in [0.25, 0.3) is 0 Å². The Hall–Kier alpha value is -2.07. The Morgan fingerprint density at radius 3 is 2.86 bits per heavy atom. The molecule has 3 rings (SSSR count). The van der Waals surface area contributed by atoms with E-state index in [1.165, 1.54) is 0 Å². The van der Waals surface area contributed by atoms with Crippen molar-refractivity contribution < 1.29 is 14.2 Å². The Bertz CT molecular complexity index is 673. The van der Waals surface area contributed by atoms with Gasteiger partial charge in [0.15, 0.2) is 11.5 Å². The third kappa shape index (κ3) is 2.85. The van der Waals surface area contributed by atoms with Crippen molar-refractivity contribution in [3.8, 4) is 17.2 Å². The molecule has 0 atom stereocenters. The molecule has 0 bridgehead atoms. The van der Waals surface area contributed by atoms with E-state index in [1.807, 2.05) is 37.3 Å². The molecule has 0 fully saturated rings. The van der Waals surface area contributed by atoms with E-state index < -0.39 is 0 Å². The second kappa shape index (κ2) is 5.74. The lowest BCUT2D eigenvalue weighted by molar-refractivity contribution is 0.174. The Balaban J connectivity index is 1.73. The van der Waals surface area contributed by atoms with E-state index in [0.29, 0.717) is 23.1 Å². The van der Waals surface area contributed by atoms with Crippen LogP contribution in [0.25, 0.3) is 0 Å². The summed E-state index contributed by atoms with van der Waals surface area (Å²) in [6, 6.07) is 9.81. The minimum atomic E-state index is 0.226. The van der Waals surface area contributed by atoms with Gasteiger partial charge in [-0.1, -0.05) is 11.6 Å². The zero-order valence-corrected chi connectivity index (χ0v) is 12.7. The van der Waals surface area contributed by atoms with Crippen molar-refractivity contribution in [1.29, 1.82) is 0 Å². The van der Waals surface area contributed by atoms with Crippen molar-refractivity contribution >= 4 is 17.3 Å². The lowest BCUT2D eigenvalue weighted by Gasteiger charge is -2.11. The molecule has 110 valence electrons. The number of ether oxygens (including phenoxy) is 3. The fourth-order valence-corrected chi connectivity index (χ4v) is 2.60. The van der Waals surface area contributed by atoms with Gasteiger partial charge in [-0.3, -0.25) is 0 Å². The maximum Gasteiger partial charge on any atom is 0.231 e. The summed E-state index contributed by atoms with van der Waals surface area (Å²) in [5, 5.41) is 3.94. The van der Waals surface area contributed by atoms with E-state index in [0.717, 1.165) is 22.6 Å². The third-order valence-electron chi connectivity index (χ3n) is 3.38. The van der Waals surface area contributed by atoms with Crippen molar-refractivity contribution in [2.24, 2.45) is 0 Å². The van der Waals surface area contributed by atoms with Gasteiger partial charge in [0.1, 0.15) is 5.75 Å². The molecule has 1 N–H and O–H groups in total. The Morgan fingerprint density at radius 1 is 1.24 bits per heavy atom. The van der Waals surface area contributed by atoms with Crippen LogP contribution in [0, 0.1) is 6.92 Å². The summed E-state index contributed by atoms with van der Waals surface area (Å²) in [6.07, 6.45) is 0. The molecule has 0 unspecified atom stereocenters. The van der Waals surface area contributed by atoms with Crippen LogP contribution in [0.15, 0.2) is 30.3 Å². The highest BCUT2D eigenvalue weighted by atomic mass is 35.5.